The molecule has 2 aromatic rings. The lowest BCUT2D eigenvalue weighted by atomic mass is 9.76. The molecule has 2 aliphatic heterocycles. The third kappa shape index (κ3) is 4.45. The lowest BCUT2D eigenvalue weighted by Crippen LogP contribution is -2.52. The first-order chi connectivity index (χ1) is 15.6. The molecular formula is C27H36N4O. The number of carbonyl (C=O) groups excluding carboxylic acids is 1. The molecule has 5 heteroatoms. The zero-order chi connectivity index (χ0) is 22.1. The van der Waals surface area contributed by atoms with Crippen molar-refractivity contribution < 1.29 is 4.79 Å². The Hall–Kier alpha value is -2.27. The Bertz CT molecular complexity index is 900. The molecule has 2 atom stereocenters. The molecule has 3 aliphatic rings. The van der Waals surface area contributed by atoms with Gasteiger partial charge in [-0.15, -0.1) is 0 Å². The van der Waals surface area contributed by atoms with Gasteiger partial charge in [0.05, 0.1) is 0 Å². The second-order valence-electron chi connectivity index (χ2n) is 10.4. The van der Waals surface area contributed by atoms with Crippen molar-refractivity contribution in [2.75, 3.05) is 18.0 Å². The molecular weight excluding hydrogens is 396 g/mol. The molecule has 2 bridgehead atoms. The van der Waals surface area contributed by atoms with Gasteiger partial charge >= 0.3 is 0 Å². The summed E-state index contributed by atoms with van der Waals surface area (Å²) in [4.78, 5) is 24.1. The molecule has 3 fully saturated rings. The minimum absolute atomic E-state index is 0.175. The SMILES string of the molecule is CC(C)C(=O)C1CCC(Cc2ccc(-c3cnc(N4C5CCC4CNC5)nc3)cc2)CC1. The summed E-state index contributed by atoms with van der Waals surface area (Å²) < 4.78 is 0. The lowest BCUT2D eigenvalue weighted by Gasteiger charge is -2.35. The number of aromatic nitrogens is 2. The number of nitrogens with one attached hydrogen (secondary N) is 1. The van der Waals surface area contributed by atoms with Gasteiger partial charge in [0.25, 0.3) is 0 Å². The molecule has 5 rings (SSSR count). The predicted molar refractivity (Wildman–Crippen MR) is 129 cm³/mol. The molecule has 3 heterocycles. The largest absolute Gasteiger partial charge is 0.332 e. The van der Waals surface area contributed by atoms with Gasteiger partial charge in [0.2, 0.25) is 5.95 Å². The van der Waals surface area contributed by atoms with E-state index in [0.29, 0.717) is 29.7 Å². The number of nitrogens with zero attached hydrogens (tertiary/aromatic N) is 3. The Kier molecular flexibility index (Phi) is 6.27. The molecule has 0 radical (unpaired) electrons. The first kappa shape index (κ1) is 21.6. The predicted octanol–water partition coefficient (Wildman–Crippen LogP) is 4.66. The topological polar surface area (TPSA) is 58.1 Å². The van der Waals surface area contributed by atoms with Gasteiger partial charge in [-0.3, -0.25) is 4.79 Å². The maximum atomic E-state index is 12.3. The van der Waals surface area contributed by atoms with Crippen LogP contribution in [0.25, 0.3) is 11.1 Å². The summed E-state index contributed by atoms with van der Waals surface area (Å²) in [5.74, 6) is 2.52. The van der Waals surface area contributed by atoms with Crippen LogP contribution in [0.3, 0.4) is 0 Å². The number of hydrogen-bond donors (Lipinski definition) is 1. The maximum absolute atomic E-state index is 12.3. The number of carbonyl (C=O) groups is 1. The van der Waals surface area contributed by atoms with Crippen LogP contribution in [0.5, 0.6) is 0 Å². The summed E-state index contributed by atoms with van der Waals surface area (Å²) >= 11 is 0. The van der Waals surface area contributed by atoms with Gasteiger partial charge in [-0.25, -0.2) is 9.97 Å². The van der Waals surface area contributed by atoms with Crippen molar-refractivity contribution in [1.82, 2.24) is 15.3 Å². The van der Waals surface area contributed by atoms with Crippen LogP contribution in [-0.2, 0) is 11.2 Å². The van der Waals surface area contributed by atoms with E-state index in [2.05, 4.69) is 34.5 Å². The standard InChI is InChI=1S/C27H36N4O/c1-18(2)26(32)22-9-5-20(6-10-22)13-19-3-7-21(8-4-19)23-14-29-27(30-15-23)31-24-11-12-25(31)17-28-16-24/h3-4,7-8,14-15,18,20,22,24-25,28H,5-6,9-13,16-17H2,1-2H3. The van der Waals surface area contributed by atoms with Gasteiger partial charge in [0, 0.05) is 55.0 Å². The van der Waals surface area contributed by atoms with Crippen LogP contribution in [0.15, 0.2) is 36.7 Å². The van der Waals surface area contributed by atoms with Gasteiger partial charge in [-0.05, 0) is 62.0 Å². The maximum Gasteiger partial charge on any atom is 0.225 e. The molecule has 5 nitrogen and oxygen atoms in total. The minimum atomic E-state index is 0.175. The molecule has 32 heavy (non-hydrogen) atoms. The number of piperazine rings is 1. The van der Waals surface area contributed by atoms with Gasteiger partial charge in [0.15, 0.2) is 0 Å². The quantitative estimate of drug-likeness (QED) is 0.720. The van der Waals surface area contributed by atoms with Gasteiger partial charge in [-0.2, -0.15) is 0 Å². The van der Waals surface area contributed by atoms with Crippen LogP contribution in [0.1, 0.15) is 57.9 Å². The Morgan fingerprint density at radius 2 is 1.56 bits per heavy atom. The number of hydrogen-bond acceptors (Lipinski definition) is 5. The van der Waals surface area contributed by atoms with E-state index in [1.54, 1.807) is 0 Å². The highest BCUT2D eigenvalue weighted by atomic mass is 16.1. The van der Waals surface area contributed by atoms with Crippen molar-refractivity contribution >= 4 is 11.7 Å². The molecule has 0 amide bonds. The van der Waals surface area contributed by atoms with Crippen LogP contribution in [0.2, 0.25) is 0 Å². The Labute approximate surface area is 192 Å². The summed E-state index contributed by atoms with van der Waals surface area (Å²) in [6.07, 6.45) is 12.0. The van der Waals surface area contributed by atoms with E-state index in [4.69, 9.17) is 9.97 Å². The van der Waals surface area contributed by atoms with E-state index in [1.165, 1.54) is 36.8 Å². The van der Waals surface area contributed by atoms with Gasteiger partial charge < -0.3 is 10.2 Å². The molecule has 2 unspecified atom stereocenters. The van der Waals surface area contributed by atoms with Gasteiger partial charge in [-0.1, -0.05) is 38.1 Å². The Morgan fingerprint density at radius 3 is 2.16 bits per heavy atom. The summed E-state index contributed by atoms with van der Waals surface area (Å²) in [6.45, 7) is 6.14. The second kappa shape index (κ2) is 9.30. The molecule has 1 aromatic carbocycles. The average molecular weight is 433 g/mol. The minimum Gasteiger partial charge on any atom is -0.332 e. The summed E-state index contributed by atoms with van der Waals surface area (Å²) in [5.41, 5.74) is 3.65. The smallest absolute Gasteiger partial charge is 0.225 e. The zero-order valence-corrected chi connectivity index (χ0v) is 19.5. The van der Waals surface area contributed by atoms with E-state index in [9.17, 15) is 4.79 Å². The second-order valence-corrected chi connectivity index (χ2v) is 10.4. The zero-order valence-electron chi connectivity index (χ0n) is 19.5. The Balaban J connectivity index is 1.18. The molecule has 2 saturated heterocycles. The number of anilines is 1. The number of Topliss-reactive ketones (excluding diaryl/α,β-unsaturated/α-hetero) is 1. The molecule has 1 aliphatic carbocycles. The van der Waals surface area contributed by atoms with E-state index in [0.717, 1.165) is 43.9 Å². The van der Waals surface area contributed by atoms with Crippen LogP contribution in [-0.4, -0.2) is 40.9 Å². The number of benzene rings is 1. The normalized spacial score (nSPS) is 27.7. The summed E-state index contributed by atoms with van der Waals surface area (Å²) in [6, 6.07) is 10.00. The van der Waals surface area contributed by atoms with Crippen molar-refractivity contribution in [1.29, 1.82) is 0 Å². The first-order valence-corrected chi connectivity index (χ1v) is 12.5. The van der Waals surface area contributed by atoms with E-state index in [-0.39, 0.29) is 5.92 Å². The van der Waals surface area contributed by atoms with Crippen molar-refractivity contribution in [3.63, 3.8) is 0 Å². The van der Waals surface area contributed by atoms with Crippen molar-refractivity contribution in [3.8, 4) is 11.1 Å². The first-order valence-electron chi connectivity index (χ1n) is 12.5. The fraction of sp³-hybridized carbons (Fsp3) is 0.593. The molecule has 1 aromatic heterocycles. The fourth-order valence-electron chi connectivity index (χ4n) is 6.00. The van der Waals surface area contributed by atoms with Crippen LogP contribution < -0.4 is 10.2 Å². The number of rotatable bonds is 6. The highest BCUT2D eigenvalue weighted by Crippen LogP contribution is 2.34. The number of ketones is 1. The van der Waals surface area contributed by atoms with Crippen LogP contribution >= 0.6 is 0 Å². The molecule has 170 valence electrons. The Morgan fingerprint density at radius 1 is 0.938 bits per heavy atom. The van der Waals surface area contributed by atoms with Crippen LogP contribution in [0.4, 0.5) is 5.95 Å². The van der Waals surface area contributed by atoms with Crippen molar-refractivity contribution in [2.24, 2.45) is 17.8 Å². The van der Waals surface area contributed by atoms with Crippen molar-refractivity contribution in [3.05, 3.63) is 42.2 Å². The van der Waals surface area contributed by atoms with Crippen molar-refractivity contribution in [2.45, 2.75) is 70.9 Å². The van der Waals surface area contributed by atoms with Crippen LogP contribution in [0, 0.1) is 17.8 Å². The third-order valence-corrected chi connectivity index (χ3v) is 7.88. The molecule has 0 spiro atoms. The average Bonchev–Trinajstić information content (AvgIpc) is 3.07. The van der Waals surface area contributed by atoms with E-state index in [1.807, 2.05) is 26.2 Å². The molecule has 1 saturated carbocycles. The molecule has 1 N–H and O–H groups in total. The summed E-state index contributed by atoms with van der Waals surface area (Å²) in [5, 5.41) is 3.52. The van der Waals surface area contributed by atoms with E-state index >= 15 is 0 Å². The highest BCUT2D eigenvalue weighted by molar-refractivity contribution is 5.82. The number of fused-ring (bicyclic) bond motifs is 2. The fourth-order valence-corrected chi connectivity index (χ4v) is 6.00. The van der Waals surface area contributed by atoms with Gasteiger partial charge in [0.1, 0.15) is 5.78 Å². The van der Waals surface area contributed by atoms with E-state index < -0.39 is 0 Å². The lowest BCUT2D eigenvalue weighted by molar-refractivity contribution is -0.127. The third-order valence-electron chi connectivity index (χ3n) is 7.88. The summed E-state index contributed by atoms with van der Waals surface area (Å²) in [7, 11) is 0. The monoisotopic (exact) mass is 432 g/mol. The highest BCUT2D eigenvalue weighted by Gasteiger charge is 2.37.